The molecule has 2 rings (SSSR count). The lowest BCUT2D eigenvalue weighted by molar-refractivity contribution is 0.306. The van der Waals surface area contributed by atoms with Gasteiger partial charge in [-0.2, -0.15) is 0 Å². The van der Waals surface area contributed by atoms with Crippen LogP contribution >= 0.6 is 15.9 Å². The first-order valence-corrected chi connectivity index (χ1v) is 6.27. The largest absolute Gasteiger partial charge is 0.330 e. The van der Waals surface area contributed by atoms with E-state index in [0.29, 0.717) is 16.9 Å². The molecule has 1 heterocycles. The SMILES string of the molecule is CN1CC(CN)CC1c1cccc(Br)c1F. The third-order valence-electron chi connectivity index (χ3n) is 3.31. The number of rotatable bonds is 2. The number of nitrogens with two attached hydrogens (primary N) is 1. The van der Waals surface area contributed by atoms with Gasteiger partial charge in [0.2, 0.25) is 0 Å². The second-order valence-electron chi connectivity index (χ2n) is 4.44. The van der Waals surface area contributed by atoms with Crippen molar-refractivity contribution < 1.29 is 4.39 Å². The highest BCUT2D eigenvalue weighted by atomic mass is 79.9. The van der Waals surface area contributed by atoms with Gasteiger partial charge in [-0.1, -0.05) is 12.1 Å². The zero-order valence-electron chi connectivity index (χ0n) is 9.29. The summed E-state index contributed by atoms with van der Waals surface area (Å²) in [6.45, 7) is 1.63. The van der Waals surface area contributed by atoms with Crippen molar-refractivity contribution in [3.8, 4) is 0 Å². The second-order valence-corrected chi connectivity index (χ2v) is 5.29. The number of hydrogen-bond donors (Lipinski definition) is 1. The smallest absolute Gasteiger partial charge is 0.142 e. The normalized spacial score (nSPS) is 26.2. The van der Waals surface area contributed by atoms with E-state index in [9.17, 15) is 4.39 Å². The predicted octanol–water partition coefficient (Wildman–Crippen LogP) is 2.54. The minimum Gasteiger partial charge on any atom is -0.330 e. The maximum Gasteiger partial charge on any atom is 0.142 e. The van der Waals surface area contributed by atoms with Gasteiger partial charge in [0.1, 0.15) is 5.82 Å². The van der Waals surface area contributed by atoms with Crippen molar-refractivity contribution in [3.05, 3.63) is 34.1 Å². The minimum atomic E-state index is -0.142. The first-order chi connectivity index (χ1) is 7.63. The standard InChI is InChI=1S/C12H16BrFN2/c1-16-7-8(6-15)5-11(16)9-3-2-4-10(13)12(9)14/h2-4,8,11H,5-7,15H2,1H3. The summed E-state index contributed by atoms with van der Waals surface area (Å²) in [5.74, 6) is 0.338. The number of likely N-dealkylation sites (tertiary alicyclic amines) is 1. The molecule has 2 nitrogen and oxygen atoms in total. The second kappa shape index (κ2) is 4.82. The van der Waals surface area contributed by atoms with Crippen LogP contribution in [0.15, 0.2) is 22.7 Å². The molecule has 88 valence electrons. The van der Waals surface area contributed by atoms with Gasteiger partial charge in [-0.25, -0.2) is 4.39 Å². The summed E-state index contributed by atoms with van der Waals surface area (Å²) in [5, 5.41) is 0. The van der Waals surface area contributed by atoms with Gasteiger partial charge in [-0.3, -0.25) is 4.90 Å². The molecule has 0 aromatic heterocycles. The Labute approximate surface area is 104 Å². The molecule has 1 aromatic carbocycles. The molecule has 1 fully saturated rings. The molecule has 16 heavy (non-hydrogen) atoms. The molecule has 1 aliphatic rings. The summed E-state index contributed by atoms with van der Waals surface area (Å²) in [6.07, 6.45) is 0.945. The number of hydrogen-bond acceptors (Lipinski definition) is 2. The lowest BCUT2D eigenvalue weighted by Crippen LogP contribution is -2.21. The molecule has 2 unspecified atom stereocenters. The van der Waals surface area contributed by atoms with Crippen molar-refractivity contribution in [1.29, 1.82) is 0 Å². The fraction of sp³-hybridized carbons (Fsp3) is 0.500. The summed E-state index contributed by atoms with van der Waals surface area (Å²) in [6, 6.07) is 5.63. The van der Waals surface area contributed by atoms with E-state index in [2.05, 4.69) is 20.8 Å². The van der Waals surface area contributed by atoms with Gasteiger partial charge in [0, 0.05) is 18.2 Å². The summed E-state index contributed by atoms with van der Waals surface area (Å²) in [4.78, 5) is 2.18. The van der Waals surface area contributed by atoms with E-state index in [-0.39, 0.29) is 11.9 Å². The van der Waals surface area contributed by atoms with Crippen LogP contribution < -0.4 is 5.73 Å². The first-order valence-electron chi connectivity index (χ1n) is 5.47. The molecule has 0 amide bonds. The third-order valence-corrected chi connectivity index (χ3v) is 3.92. The van der Waals surface area contributed by atoms with Crippen LogP contribution in [-0.2, 0) is 0 Å². The first kappa shape index (κ1) is 12.0. The van der Waals surface area contributed by atoms with Crippen molar-refractivity contribution >= 4 is 15.9 Å². The Balaban J connectivity index is 2.28. The van der Waals surface area contributed by atoms with Crippen LogP contribution in [0.4, 0.5) is 4.39 Å². The van der Waals surface area contributed by atoms with Crippen molar-refractivity contribution in [2.45, 2.75) is 12.5 Å². The zero-order chi connectivity index (χ0) is 11.7. The van der Waals surface area contributed by atoms with Crippen LogP contribution in [0.25, 0.3) is 0 Å². The highest BCUT2D eigenvalue weighted by Crippen LogP contribution is 2.36. The van der Waals surface area contributed by atoms with Gasteiger partial charge in [0.05, 0.1) is 4.47 Å². The Morgan fingerprint density at radius 1 is 1.56 bits per heavy atom. The Hall–Kier alpha value is -0.450. The van der Waals surface area contributed by atoms with E-state index >= 15 is 0 Å². The lowest BCUT2D eigenvalue weighted by atomic mass is 9.99. The van der Waals surface area contributed by atoms with E-state index in [1.54, 1.807) is 6.07 Å². The molecule has 1 aromatic rings. The molecular formula is C12H16BrFN2. The van der Waals surface area contributed by atoms with Crippen LogP contribution in [0.2, 0.25) is 0 Å². The Bertz CT molecular complexity index is 383. The average Bonchev–Trinajstić information content (AvgIpc) is 2.64. The monoisotopic (exact) mass is 286 g/mol. The van der Waals surface area contributed by atoms with Gasteiger partial charge in [-0.05, 0) is 47.9 Å². The number of benzene rings is 1. The molecule has 0 spiro atoms. The van der Waals surface area contributed by atoms with Crippen LogP contribution in [0.1, 0.15) is 18.0 Å². The highest BCUT2D eigenvalue weighted by Gasteiger charge is 2.31. The number of nitrogens with zero attached hydrogens (tertiary/aromatic N) is 1. The van der Waals surface area contributed by atoms with Crippen molar-refractivity contribution in [2.75, 3.05) is 20.1 Å². The quantitative estimate of drug-likeness (QED) is 0.905. The van der Waals surface area contributed by atoms with Gasteiger partial charge in [0.15, 0.2) is 0 Å². The van der Waals surface area contributed by atoms with E-state index in [0.717, 1.165) is 18.5 Å². The molecule has 0 radical (unpaired) electrons. The average molecular weight is 287 g/mol. The molecule has 0 saturated carbocycles. The molecule has 2 atom stereocenters. The van der Waals surface area contributed by atoms with Crippen LogP contribution in [0.3, 0.4) is 0 Å². The van der Waals surface area contributed by atoms with Crippen molar-refractivity contribution in [3.63, 3.8) is 0 Å². The van der Waals surface area contributed by atoms with E-state index < -0.39 is 0 Å². The Kier molecular flexibility index (Phi) is 3.62. The van der Waals surface area contributed by atoms with Crippen LogP contribution in [0, 0.1) is 11.7 Å². The van der Waals surface area contributed by atoms with Crippen LogP contribution in [-0.4, -0.2) is 25.0 Å². The summed E-state index contributed by atoms with van der Waals surface area (Å²) < 4.78 is 14.5. The summed E-state index contributed by atoms with van der Waals surface area (Å²) in [5.41, 5.74) is 6.45. The lowest BCUT2D eigenvalue weighted by Gasteiger charge is -2.20. The van der Waals surface area contributed by atoms with E-state index in [1.165, 1.54) is 0 Å². The summed E-state index contributed by atoms with van der Waals surface area (Å²) in [7, 11) is 2.03. The maximum atomic E-state index is 14.0. The maximum absolute atomic E-state index is 14.0. The molecule has 0 bridgehead atoms. The van der Waals surface area contributed by atoms with E-state index in [4.69, 9.17) is 5.73 Å². The summed E-state index contributed by atoms with van der Waals surface area (Å²) >= 11 is 3.23. The van der Waals surface area contributed by atoms with E-state index in [1.807, 2.05) is 19.2 Å². The molecule has 0 aliphatic carbocycles. The molecule has 2 N–H and O–H groups in total. The zero-order valence-corrected chi connectivity index (χ0v) is 10.9. The fourth-order valence-corrected chi connectivity index (χ4v) is 2.80. The molecule has 1 aliphatic heterocycles. The topological polar surface area (TPSA) is 29.3 Å². The van der Waals surface area contributed by atoms with Crippen LogP contribution in [0.5, 0.6) is 0 Å². The molecule has 1 saturated heterocycles. The van der Waals surface area contributed by atoms with Gasteiger partial charge in [-0.15, -0.1) is 0 Å². The van der Waals surface area contributed by atoms with Gasteiger partial charge in [0.25, 0.3) is 0 Å². The van der Waals surface area contributed by atoms with Gasteiger partial charge < -0.3 is 5.73 Å². The van der Waals surface area contributed by atoms with Crippen molar-refractivity contribution in [2.24, 2.45) is 11.7 Å². The Morgan fingerprint density at radius 3 is 2.94 bits per heavy atom. The van der Waals surface area contributed by atoms with Gasteiger partial charge >= 0.3 is 0 Å². The van der Waals surface area contributed by atoms with Crippen molar-refractivity contribution in [1.82, 2.24) is 4.90 Å². The molecular weight excluding hydrogens is 271 g/mol. The molecule has 4 heteroatoms. The third kappa shape index (κ3) is 2.14. The predicted molar refractivity (Wildman–Crippen MR) is 66.6 cm³/mol. The fourth-order valence-electron chi connectivity index (χ4n) is 2.42. The number of halogens is 2. The minimum absolute atomic E-state index is 0.142. The highest BCUT2D eigenvalue weighted by molar-refractivity contribution is 9.10. The Morgan fingerprint density at radius 2 is 2.31 bits per heavy atom.